The molecule has 96 valence electrons. The van der Waals surface area contributed by atoms with Crippen molar-refractivity contribution in [3.05, 3.63) is 0 Å². The average Bonchev–Trinajstić information content (AvgIpc) is 2.24. The molecule has 0 spiro atoms. The van der Waals surface area contributed by atoms with Gasteiger partial charge in [-0.1, -0.05) is 13.8 Å². The standard InChI is InChI=1S/C11H26N4O/c1-8(2)10(4)15(5)11(14-12)13-9(3)7-16-6/h8-10H,7,12H2,1-6H3,(H,13,14). The van der Waals surface area contributed by atoms with Crippen molar-refractivity contribution in [1.29, 1.82) is 0 Å². The van der Waals surface area contributed by atoms with Crippen LogP contribution in [0.5, 0.6) is 0 Å². The zero-order valence-corrected chi connectivity index (χ0v) is 11.3. The quantitative estimate of drug-likeness (QED) is 0.318. The van der Waals surface area contributed by atoms with Crippen molar-refractivity contribution < 1.29 is 4.74 Å². The Bertz CT molecular complexity index is 218. The van der Waals surface area contributed by atoms with Gasteiger partial charge in [-0.3, -0.25) is 5.43 Å². The van der Waals surface area contributed by atoms with Crippen LogP contribution in [-0.4, -0.2) is 43.7 Å². The summed E-state index contributed by atoms with van der Waals surface area (Å²) in [6.07, 6.45) is 0. The fourth-order valence-electron chi connectivity index (χ4n) is 1.36. The lowest BCUT2D eigenvalue weighted by molar-refractivity contribution is 0.184. The van der Waals surface area contributed by atoms with Gasteiger partial charge in [0.05, 0.1) is 12.6 Å². The molecule has 0 aliphatic heterocycles. The predicted octanol–water partition coefficient (Wildman–Crippen LogP) is 0.817. The van der Waals surface area contributed by atoms with Crippen LogP contribution in [0.3, 0.4) is 0 Å². The maximum absolute atomic E-state index is 5.49. The lowest BCUT2D eigenvalue weighted by Gasteiger charge is -2.30. The molecule has 2 atom stereocenters. The maximum atomic E-state index is 5.49. The SMILES string of the molecule is COCC(C)N=C(NN)N(C)C(C)C(C)C. The molecular weight excluding hydrogens is 204 g/mol. The number of nitrogens with one attached hydrogen (secondary N) is 1. The van der Waals surface area contributed by atoms with Gasteiger partial charge in [0, 0.05) is 20.2 Å². The van der Waals surface area contributed by atoms with Crippen molar-refractivity contribution in [2.75, 3.05) is 20.8 Å². The van der Waals surface area contributed by atoms with E-state index in [4.69, 9.17) is 10.6 Å². The summed E-state index contributed by atoms with van der Waals surface area (Å²) in [5, 5.41) is 0. The van der Waals surface area contributed by atoms with Gasteiger partial charge in [-0.15, -0.1) is 0 Å². The Morgan fingerprint density at radius 1 is 1.38 bits per heavy atom. The lowest BCUT2D eigenvalue weighted by atomic mass is 10.1. The highest BCUT2D eigenvalue weighted by Crippen LogP contribution is 2.08. The molecule has 0 bridgehead atoms. The summed E-state index contributed by atoms with van der Waals surface area (Å²) in [5.41, 5.74) is 2.65. The molecule has 0 saturated heterocycles. The topological polar surface area (TPSA) is 62.9 Å². The summed E-state index contributed by atoms with van der Waals surface area (Å²) in [5.74, 6) is 6.74. The molecule has 0 aromatic rings. The van der Waals surface area contributed by atoms with Crippen LogP contribution in [0.1, 0.15) is 27.7 Å². The number of aliphatic imine (C=N–C) groups is 1. The van der Waals surface area contributed by atoms with E-state index in [0.717, 1.165) is 0 Å². The van der Waals surface area contributed by atoms with Gasteiger partial charge < -0.3 is 9.64 Å². The Kier molecular flexibility index (Phi) is 7.08. The van der Waals surface area contributed by atoms with Gasteiger partial charge >= 0.3 is 0 Å². The second kappa shape index (κ2) is 7.46. The van der Waals surface area contributed by atoms with E-state index in [-0.39, 0.29) is 6.04 Å². The smallest absolute Gasteiger partial charge is 0.208 e. The molecule has 0 aromatic heterocycles. The van der Waals surface area contributed by atoms with Gasteiger partial charge in [-0.2, -0.15) is 0 Å². The number of methoxy groups -OCH3 is 1. The van der Waals surface area contributed by atoms with Gasteiger partial charge in [0.2, 0.25) is 5.96 Å². The molecule has 0 rings (SSSR count). The lowest BCUT2D eigenvalue weighted by Crippen LogP contribution is -2.48. The minimum Gasteiger partial charge on any atom is -0.382 e. The van der Waals surface area contributed by atoms with E-state index in [0.29, 0.717) is 24.5 Å². The molecule has 0 radical (unpaired) electrons. The van der Waals surface area contributed by atoms with Crippen molar-refractivity contribution in [2.24, 2.45) is 16.8 Å². The first-order chi connectivity index (χ1) is 7.43. The van der Waals surface area contributed by atoms with E-state index in [9.17, 15) is 0 Å². The molecule has 5 nitrogen and oxygen atoms in total. The number of hydrazine groups is 1. The number of rotatable bonds is 5. The molecule has 0 aliphatic carbocycles. The Morgan fingerprint density at radius 3 is 2.31 bits per heavy atom. The Hall–Kier alpha value is -0.810. The van der Waals surface area contributed by atoms with Gasteiger partial charge in [-0.05, 0) is 19.8 Å². The van der Waals surface area contributed by atoms with Gasteiger partial charge in [0.1, 0.15) is 0 Å². The zero-order chi connectivity index (χ0) is 12.7. The summed E-state index contributed by atoms with van der Waals surface area (Å²) in [6, 6.07) is 0.474. The molecule has 3 N–H and O–H groups in total. The number of hydrogen-bond acceptors (Lipinski definition) is 3. The highest BCUT2D eigenvalue weighted by Gasteiger charge is 2.16. The third kappa shape index (κ3) is 4.81. The molecule has 0 saturated carbocycles. The monoisotopic (exact) mass is 230 g/mol. The second-order valence-electron chi connectivity index (χ2n) is 4.50. The van der Waals surface area contributed by atoms with Crippen LogP contribution in [0.4, 0.5) is 0 Å². The Balaban J connectivity index is 4.58. The second-order valence-corrected chi connectivity index (χ2v) is 4.50. The number of nitrogens with zero attached hydrogens (tertiary/aromatic N) is 2. The van der Waals surface area contributed by atoms with Crippen LogP contribution < -0.4 is 11.3 Å². The van der Waals surface area contributed by atoms with Crippen LogP contribution in [-0.2, 0) is 4.74 Å². The summed E-state index contributed by atoms with van der Waals surface area (Å²) in [6.45, 7) is 9.09. The number of hydrogen-bond donors (Lipinski definition) is 2. The molecule has 0 aromatic carbocycles. The summed E-state index contributed by atoms with van der Waals surface area (Å²) >= 11 is 0. The van der Waals surface area contributed by atoms with Gasteiger partial charge in [0.15, 0.2) is 0 Å². The number of ether oxygens (including phenoxy) is 1. The van der Waals surface area contributed by atoms with Crippen LogP contribution in [0.15, 0.2) is 4.99 Å². The molecule has 16 heavy (non-hydrogen) atoms. The highest BCUT2D eigenvalue weighted by atomic mass is 16.5. The average molecular weight is 230 g/mol. The van der Waals surface area contributed by atoms with Crippen molar-refractivity contribution in [3.8, 4) is 0 Å². The van der Waals surface area contributed by atoms with E-state index in [1.807, 2.05) is 14.0 Å². The minimum atomic E-state index is 0.0952. The molecular formula is C11H26N4O. The van der Waals surface area contributed by atoms with Gasteiger partial charge in [0.25, 0.3) is 0 Å². The maximum Gasteiger partial charge on any atom is 0.208 e. The predicted molar refractivity (Wildman–Crippen MR) is 68.2 cm³/mol. The Labute approximate surface area is 99.0 Å². The van der Waals surface area contributed by atoms with Crippen LogP contribution >= 0.6 is 0 Å². The van der Waals surface area contributed by atoms with E-state index in [1.54, 1.807) is 7.11 Å². The molecule has 0 heterocycles. The van der Waals surface area contributed by atoms with Crippen LogP contribution in [0.25, 0.3) is 0 Å². The molecule has 2 unspecified atom stereocenters. The van der Waals surface area contributed by atoms with E-state index < -0.39 is 0 Å². The van der Waals surface area contributed by atoms with Crippen molar-refractivity contribution in [3.63, 3.8) is 0 Å². The van der Waals surface area contributed by atoms with Crippen molar-refractivity contribution in [2.45, 2.75) is 39.8 Å². The fraction of sp³-hybridized carbons (Fsp3) is 0.909. The minimum absolute atomic E-state index is 0.0952. The number of nitrogens with two attached hydrogens (primary N) is 1. The molecule has 5 heteroatoms. The molecule has 0 fully saturated rings. The molecule has 0 amide bonds. The first kappa shape index (κ1) is 15.2. The summed E-state index contributed by atoms with van der Waals surface area (Å²) < 4.78 is 5.04. The third-order valence-electron chi connectivity index (χ3n) is 2.79. The van der Waals surface area contributed by atoms with Crippen LogP contribution in [0, 0.1) is 5.92 Å². The molecule has 0 aliphatic rings. The largest absolute Gasteiger partial charge is 0.382 e. The zero-order valence-electron chi connectivity index (χ0n) is 11.3. The van der Waals surface area contributed by atoms with Crippen molar-refractivity contribution in [1.82, 2.24) is 10.3 Å². The van der Waals surface area contributed by atoms with Crippen molar-refractivity contribution >= 4 is 5.96 Å². The van der Waals surface area contributed by atoms with Crippen LogP contribution in [0.2, 0.25) is 0 Å². The normalized spacial score (nSPS) is 16.1. The number of guanidine groups is 1. The first-order valence-corrected chi connectivity index (χ1v) is 5.70. The summed E-state index contributed by atoms with van der Waals surface area (Å²) in [4.78, 5) is 6.52. The third-order valence-corrected chi connectivity index (χ3v) is 2.79. The van der Waals surface area contributed by atoms with E-state index in [2.05, 4.69) is 36.1 Å². The first-order valence-electron chi connectivity index (χ1n) is 5.70. The Morgan fingerprint density at radius 2 is 1.94 bits per heavy atom. The fourth-order valence-corrected chi connectivity index (χ4v) is 1.36. The van der Waals surface area contributed by atoms with E-state index >= 15 is 0 Å². The van der Waals surface area contributed by atoms with Gasteiger partial charge in [-0.25, -0.2) is 10.8 Å². The van der Waals surface area contributed by atoms with E-state index in [1.165, 1.54) is 0 Å². The summed E-state index contributed by atoms with van der Waals surface area (Å²) in [7, 11) is 3.66. The highest BCUT2D eigenvalue weighted by molar-refractivity contribution is 5.79.